The number of likely N-dealkylation sites (tertiary alicyclic amines) is 1. The van der Waals surface area contributed by atoms with Crippen molar-refractivity contribution in [3.8, 4) is 28.8 Å². The topological polar surface area (TPSA) is 123 Å². The van der Waals surface area contributed by atoms with Gasteiger partial charge in [-0.15, -0.1) is 0 Å². The van der Waals surface area contributed by atoms with Crippen LogP contribution in [0.15, 0.2) is 66.5 Å². The van der Waals surface area contributed by atoms with Crippen LogP contribution in [-0.4, -0.2) is 43.1 Å². The predicted octanol–water partition coefficient (Wildman–Crippen LogP) is 4.71. The maximum absolute atomic E-state index is 15.3. The molecule has 4 aromatic rings. The van der Waals surface area contributed by atoms with Gasteiger partial charge in [-0.25, -0.2) is 19.0 Å². The third-order valence-electron chi connectivity index (χ3n) is 6.37. The van der Waals surface area contributed by atoms with Gasteiger partial charge in [0, 0.05) is 18.2 Å². The molecular weight excluding hydrogens is 485 g/mol. The molecule has 0 unspecified atom stereocenters. The number of benzene rings is 2. The van der Waals surface area contributed by atoms with Crippen molar-refractivity contribution in [2.45, 2.75) is 32.9 Å². The van der Waals surface area contributed by atoms with E-state index in [4.69, 9.17) is 10.5 Å². The van der Waals surface area contributed by atoms with E-state index in [0.29, 0.717) is 41.3 Å². The molecule has 1 atom stereocenters. The number of nitrogens with zero attached hydrogens (tertiary/aromatic N) is 6. The number of allylic oxidation sites excluding steroid dienone is 1. The fourth-order valence-corrected chi connectivity index (χ4v) is 4.46. The number of aromatic nitrogens is 4. The Labute approximate surface area is 219 Å². The molecule has 0 bridgehead atoms. The summed E-state index contributed by atoms with van der Waals surface area (Å²) in [5, 5.41) is 14.5. The number of para-hydroxylation sites is 1. The second-order valence-electron chi connectivity index (χ2n) is 9.42. The first-order chi connectivity index (χ1) is 18.4. The Morgan fingerprint density at radius 3 is 2.68 bits per heavy atom. The molecule has 9 nitrogen and oxygen atoms in total. The first kappa shape index (κ1) is 24.9. The fraction of sp³-hybridized carbons (Fsp3) is 0.250. The maximum Gasteiger partial charge on any atom is 0.264 e. The molecule has 38 heavy (non-hydrogen) atoms. The number of fused-ring (bicyclic) bond motifs is 1. The van der Waals surface area contributed by atoms with Crippen LogP contribution in [0.3, 0.4) is 0 Å². The van der Waals surface area contributed by atoms with Gasteiger partial charge in [0.25, 0.3) is 5.91 Å². The minimum Gasteiger partial charge on any atom is -0.457 e. The van der Waals surface area contributed by atoms with Crippen molar-refractivity contribution in [3.63, 3.8) is 0 Å². The first-order valence-corrected chi connectivity index (χ1v) is 12.3. The number of nitrogen functional groups attached to an aromatic ring is 1. The van der Waals surface area contributed by atoms with E-state index in [1.165, 1.54) is 12.4 Å². The molecule has 1 amide bonds. The van der Waals surface area contributed by atoms with Crippen LogP contribution in [0.5, 0.6) is 11.5 Å². The lowest BCUT2D eigenvalue weighted by Gasteiger charge is -2.40. The fourth-order valence-electron chi connectivity index (χ4n) is 4.46. The molecule has 1 saturated heterocycles. The van der Waals surface area contributed by atoms with E-state index in [-0.39, 0.29) is 34.8 Å². The van der Waals surface area contributed by atoms with E-state index >= 15 is 4.39 Å². The van der Waals surface area contributed by atoms with Crippen molar-refractivity contribution in [3.05, 3.63) is 72.3 Å². The Hall–Kier alpha value is -4.78. The van der Waals surface area contributed by atoms with Crippen LogP contribution in [0, 0.1) is 23.1 Å². The SMILES string of the molecule is CC(C)/C=C(/C#N)C(=O)N1CC[C@H]1Cn1nc(-c2ccc(Oc3ccccc3)cc2F)c2c(N)ncnc21. The van der Waals surface area contributed by atoms with Gasteiger partial charge in [-0.1, -0.05) is 38.1 Å². The Balaban J connectivity index is 1.45. The number of carbonyl (C=O) groups is 1. The molecule has 192 valence electrons. The summed E-state index contributed by atoms with van der Waals surface area (Å²) in [5.41, 5.74) is 7.28. The van der Waals surface area contributed by atoms with E-state index in [1.54, 1.807) is 39.9 Å². The van der Waals surface area contributed by atoms with Crippen LogP contribution in [0.25, 0.3) is 22.3 Å². The molecule has 5 rings (SSSR count). The molecule has 1 fully saturated rings. The standard InChI is InChI=1S/C28H26FN7O2/c1-17(2)12-18(14-30)28(37)35-11-10-19(35)15-36-27-24(26(31)32-16-33-27)25(34-36)22-9-8-21(13-23(22)29)38-20-6-4-3-5-7-20/h3-9,12-13,16-17,19H,10-11,15H2,1-2H3,(H2,31,32,33)/b18-12-/t19-/m0/s1. The Morgan fingerprint density at radius 1 is 1.24 bits per heavy atom. The molecule has 2 N–H and O–H groups in total. The Bertz CT molecular complexity index is 1570. The summed E-state index contributed by atoms with van der Waals surface area (Å²) < 4.78 is 22.7. The highest BCUT2D eigenvalue weighted by molar-refractivity contribution is 5.99. The number of rotatable bonds is 7. The van der Waals surface area contributed by atoms with Gasteiger partial charge < -0.3 is 15.4 Å². The highest BCUT2D eigenvalue weighted by Gasteiger charge is 2.35. The molecule has 0 aliphatic carbocycles. The monoisotopic (exact) mass is 511 g/mol. The van der Waals surface area contributed by atoms with Crippen molar-refractivity contribution >= 4 is 22.8 Å². The third kappa shape index (κ3) is 4.78. The molecule has 3 heterocycles. The van der Waals surface area contributed by atoms with E-state index in [2.05, 4.69) is 15.1 Å². The minimum atomic E-state index is -0.536. The van der Waals surface area contributed by atoms with E-state index in [1.807, 2.05) is 38.1 Å². The van der Waals surface area contributed by atoms with Crippen molar-refractivity contribution in [1.82, 2.24) is 24.6 Å². The average molecular weight is 512 g/mol. The normalized spacial score (nSPS) is 15.4. The molecule has 0 radical (unpaired) electrons. The van der Waals surface area contributed by atoms with E-state index in [0.717, 1.165) is 6.42 Å². The third-order valence-corrected chi connectivity index (χ3v) is 6.37. The van der Waals surface area contributed by atoms with Crippen molar-refractivity contribution in [1.29, 1.82) is 5.26 Å². The summed E-state index contributed by atoms with van der Waals surface area (Å²) in [4.78, 5) is 23.0. The number of carbonyl (C=O) groups excluding carboxylic acids is 1. The number of ether oxygens (including phenoxy) is 1. The Morgan fingerprint density at radius 2 is 2.03 bits per heavy atom. The largest absolute Gasteiger partial charge is 0.457 e. The molecular formula is C28H26FN7O2. The number of hydrogen-bond acceptors (Lipinski definition) is 7. The van der Waals surface area contributed by atoms with Crippen LogP contribution in [0.2, 0.25) is 0 Å². The quantitative estimate of drug-likeness (QED) is 0.281. The lowest BCUT2D eigenvalue weighted by atomic mass is 10.00. The highest BCUT2D eigenvalue weighted by atomic mass is 19.1. The molecule has 0 spiro atoms. The number of hydrogen-bond donors (Lipinski definition) is 1. The molecule has 0 saturated carbocycles. The van der Waals surface area contributed by atoms with Gasteiger partial charge >= 0.3 is 0 Å². The van der Waals surface area contributed by atoms with Gasteiger partial charge in [0.05, 0.1) is 18.0 Å². The molecule has 10 heteroatoms. The van der Waals surface area contributed by atoms with Crippen LogP contribution in [-0.2, 0) is 11.3 Å². The van der Waals surface area contributed by atoms with E-state index in [9.17, 15) is 10.1 Å². The second kappa shape index (κ2) is 10.3. The number of halogens is 1. The summed E-state index contributed by atoms with van der Waals surface area (Å²) in [7, 11) is 0. The highest BCUT2D eigenvalue weighted by Crippen LogP contribution is 2.35. The van der Waals surface area contributed by atoms with Crippen molar-refractivity contribution in [2.75, 3.05) is 12.3 Å². The second-order valence-corrected chi connectivity index (χ2v) is 9.42. The average Bonchev–Trinajstić information content (AvgIpc) is 3.25. The number of amides is 1. The van der Waals surface area contributed by atoms with Gasteiger partial charge in [-0.3, -0.25) is 4.79 Å². The smallest absolute Gasteiger partial charge is 0.264 e. The summed E-state index contributed by atoms with van der Waals surface area (Å²) in [6.45, 7) is 4.69. The summed E-state index contributed by atoms with van der Waals surface area (Å²) in [6, 6.07) is 15.5. The number of anilines is 1. The van der Waals surface area contributed by atoms with Gasteiger partial charge in [-0.2, -0.15) is 10.4 Å². The molecule has 2 aromatic heterocycles. The minimum absolute atomic E-state index is 0.0741. The number of nitrogens with two attached hydrogens (primary N) is 1. The Kier molecular flexibility index (Phi) is 6.75. The van der Waals surface area contributed by atoms with Crippen LogP contribution >= 0.6 is 0 Å². The summed E-state index contributed by atoms with van der Waals surface area (Å²) in [5.74, 6) is 0.346. The summed E-state index contributed by atoms with van der Waals surface area (Å²) >= 11 is 0. The van der Waals surface area contributed by atoms with Crippen molar-refractivity contribution < 1.29 is 13.9 Å². The van der Waals surface area contributed by atoms with Crippen molar-refractivity contribution in [2.24, 2.45) is 5.92 Å². The van der Waals surface area contributed by atoms with Crippen LogP contribution in [0.4, 0.5) is 10.2 Å². The van der Waals surface area contributed by atoms with Gasteiger partial charge in [0.2, 0.25) is 0 Å². The zero-order valence-electron chi connectivity index (χ0n) is 21.0. The first-order valence-electron chi connectivity index (χ1n) is 12.3. The lowest BCUT2D eigenvalue weighted by molar-refractivity contribution is -0.134. The number of nitriles is 1. The lowest BCUT2D eigenvalue weighted by Crippen LogP contribution is -2.53. The predicted molar refractivity (Wildman–Crippen MR) is 140 cm³/mol. The van der Waals surface area contributed by atoms with Gasteiger partial charge in [0.15, 0.2) is 5.65 Å². The van der Waals surface area contributed by atoms with E-state index < -0.39 is 5.82 Å². The van der Waals surface area contributed by atoms with Gasteiger partial charge in [-0.05, 0) is 36.6 Å². The zero-order valence-corrected chi connectivity index (χ0v) is 21.0. The molecule has 1 aliphatic rings. The summed E-state index contributed by atoms with van der Waals surface area (Å²) in [6.07, 6.45) is 3.74. The zero-order chi connectivity index (χ0) is 26.8. The van der Waals surface area contributed by atoms with Gasteiger partial charge in [0.1, 0.15) is 46.8 Å². The van der Waals surface area contributed by atoms with Crippen LogP contribution < -0.4 is 10.5 Å². The molecule has 1 aliphatic heterocycles. The maximum atomic E-state index is 15.3. The molecule has 2 aromatic carbocycles. The van der Waals surface area contributed by atoms with Crippen LogP contribution in [0.1, 0.15) is 20.3 Å².